The number of nitrogens with one attached hydrogen (secondary N) is 1. The van der Waals surface area contributed by atoms with Crippen molar-refractivity contribution in [1.29, 1.82) is 0 Å². The van der Waals surface area contributed by atoms with Crippen LogP contribution in [0.1, 0.15) is 30.4 Å². The molecule has 4 amide bonds. The Labute approximate surface area is 198 Å². The number of rotatable bonds is 7. The minimum Gasteiger partial charge on any atom is -0.356 e. The molecule has 0 aliphatic carbocycles. The van der Waals surface area contributed by atoms with Crippen molar-refractivity contribution in [1.82, 2.24) is 15.1 Å². The molecule has 9 nitrogen and oxygen atoms in total. The summed E-state index contributed by atoms with van der Waals surface area (Å²) in [4.78, 5) is 40.2. The zero-order valence-electron chi connectivity index (χ0n) is 18.8. The second-order valence-corrected chi connectivity index (χ2v) is 10.7. The number of aryl methyl sites for hydroxylation is 1. The summed E-state index contributed by atoms with van der Waals surface area (Å²) in [7, 11) is -4.22. The number of carbonyl (C=O) groups is 3. The molecule has 0 saturated carbocycles. The Balaban J connectivity index is 1.32. The second kappa shape index (κ2) is 9.55. The Bertz CT molecular complexity index is 1170. The zero-order chi connectivity index (χ0) is 24.3. The maximum atomic E-state index is 13.2. The highest BCUT2D eigenvalue weighted by atomic mass is 32.2. The Kier molecular flexibility index (Phi) is 6.72. The quantitative estimate of drug-likeness (QED) is 0.579. The lowest BCUT2D eigenvalue weighted by molar-refractivity contribution is -0.133. The summed E-state index contributed by atoms with van der Waals surface area (Å²) in [6.07, 6.45) is 3.14. The van der Waals surface area contributed by atoms with Crippen molar-refractivity contribution in [3.63, 3.8) is 0 Å². The summed E-state index contributed by atoms with van der Waals surface area (Å²) in [5.41, 5.74) is 5.91. The maximum Gasteiger partial charge on any atom is 0.338 e. The molecule has 10 heteroatoms. The average molecular weight is 485 g/mol. The van der Waals surface area contributed by atoms with Gasteiger partial charge in [-0.1, -0.05) is 42.5 Å². The van der Waals surface area contributed by atoms with Crippen molar-refractivity contribution >= 4 is 27.0 Å². The number of hydrogen-bond donors (Lipinski definition) is 2. The monoisotopic (exact) mass is 484 g/mol. The van der Waals surface area contributed by atoms with Crippen molar-refractivity contribution in [2.75, 3.05) is 19.6 Å². The van der Waals surface area contributed by atoms with E-state index < -0.39 is 26.6 Å². The van der Waals surface area contributed by atoms with Crippen LogP contribution in [-0.4, -0.2) is 60.6 Å². The van der Waals surface area contributed by atoms with Crippen molar-refractivity contribution < 1.29 is 22.8 Å². The maximum absolute atomic E-state index is 13.2. The van der Waals surface area contributed by atoms with E-state index >= 15 is 0 Å². The molecule has 3 N–H and O–H groups in total. The lowest BCUT2D eigenvalue weighted by Crippen LogP contribution is -2.55. The predicted octanol–water partition coefficient (Wildman–Crippen LogP) is 2.06. The van der Waals surface area contributed by atoms with Crippen molar-refractivity contribution in [3.05, 3.63) is 65.7 Å². The minimum absolute atomic E-state index is 0.0180. The third kappa shape index (κ3) is 4.83. The number of benzene rings is 2. The Morgan fingerprint density at radius 3 is 2.24 bits per heavy atom. The average Bonchev–Trinajstić information content (AvgIpc) is 3.05. The van der Waals surface area contributed by atoms with Crippen LogP contribution in [-0.2, 0) is 27.6 Å². The van der Waals surface area contributed by atoms with E-state index in [1.807, 2.05) is 18.2 Å². The molecule has 2 aromatic carbocycles. The number of nitrogens with two attached hydrogens (primary N) is 1. The van der Waals surface area contributed by atoms with Crippen LogP contribution in [0.4, 0.5) is 9.59 Å². The van der Waals surface area contributed by atoms with Gasteiger partial charge in [0.1, 0.15) is 5.54 Å². The smallest absolute Gasteiger partial charge is 0.338 e. The number of nitrogens with zero attached hydrogens (tertiary/aromatic N) is 2. The van der Waals surface area contributed by atoms with Gasteiger partial charge in [0.05, 0.1) is 11.4 Å². The first-order chi connectivity index (χ1) is 16.2. The Morgan fingerprint density at radius 1 is 0.971 bits per heavy atom. The van der Waals surface area contributed by atoms with Gasteiger partial charge in [-0.25, -0.2) is 13.2 Å². The van der Waals surface area contributed by atoms with E-state index in [4.69, 9.17) is 5.73 Å². The number of imide groups is 1. The molecular weight excluding hydrogens is 456 g/mol. The molecular formula is C24H28N4O5S. The van der Waals surface area contributed by atoms with E-state index in [0.29, 0.717) is 18.4 Å². The molecule has 0 aromatic heterocycles. The fourth-order valence-corrected chi connectivity index (χ4v) is 5.27. The van der Waals surface area contributed by atoms with Crippen LogP contribution < -0.4 is 11.1 Å². The molecule has 2 aliphatic heterocycles. The van der Waals surface area contributed by atoms with Gasteiger partial charge in [-0.2, -0.15) is 0 Å². The SMILES string of the molecule is NC(=O)S(=O)(=O)c1ccc(CN2C(=O)NC3(CCN(CCCc4ccccc4)CC3)C2=O)cc1. The normalized spacial score (nSPS) is 18.3. The van der Waals surface area contributed by atoms with E-state index in [1.54, 1.807) is 0 Å². The van der Waals surface area contributed by atoms with E-state index in [2.05, 4.69) is 22.3 Å². The van der Waals surface area contributed by atoms with E-state index in [0.717, 1.165) is 32.5 Å². The summed E-state index contributed by atoms with van der Waals surface area (Å²) in [6, 6.07) is 15.3. The van der Waals surface area contributed by atoms with Gasteiger partial charge in [0, 0.05) is 13.1 Å². The molecule has 2 aliphatic rings. The van der Waals surface area contributed by atoms with Crippen LogP contribution in [0, 0.1) is 0 Å². The molecule has 2 heterocycles. The van der Waals surface area contributed by atoms with Gasteiger partial charge < -0.3 is 16.0 Å². The summed E-state index contributed by atoms with van der Waals surface area (Å²) in [6.45, 7) is 2.42. The van der Waals surface area contributed by atoms with Gasteiger partial charge in [0.15, 0.2) is 0 Å². The number of carbonyl (C=O) groups excluding carboxylic acids is 3. The minimum atomic E-state index is -4.22. The van der Waals surface area contributed by atoms with Crippen molar-refractivity contribution in [2.45, 2.75) is 42.7 Å². The Hall–Kier alpha value is -3.24. The summed E-state index contributed by atoms with van der Waals surface area (Å²) < 4.78 is 23.7. The molecule has 4 rings (SSSR count). The first kappa shape index (κ1) is 23.9. The third-order valence-electron chi connectivity index (χ3n) is 6.58. The lowest BCUT2D eigenvalue weighted by Gasteiger charge is -2.37. The molecule has 1 spiro atoms. The van der Waals surface area contributed by atoms with Gasteiger partial charge in [-0.15, -0.1) is 0 Å². The summed E-state index contributed by atoms with van der Waals surface area (Å²) in [5.74, 6) is -0.254. The number of sulfone groups is 1. The molecule has 34 heavy (non-hydrogen) atoms. The van der Waals surface area contributed by atoms with E-state index in [9.17, 15) is 22.8 Å². The van der Waals surface area contributed by atoms with E-state index in [1.165, 1.54) is 34.7 Å². The second-order valence-electron chi connectivity index (χ2n) is 8.80. The van der Waals surface area contributed by atoms with Gasteiger partial charge in [0.2, 0.25) is 0 Å². The molecule has 0 bridgehead atoms. The van der Waals surface area contributed by atoms with Crippen LogP contribution in [0.15, 0.2) is 59.5 Å². The highest BCUT2D eigenvalue weighted by Crippen LogP contribution is 2.30. The van der Waals surface area contributed by atoms with Crippen LogP contribution >= 0.6 is 0 Å². The molecule has 0 radical (unpaired) electrons. The molecule has 0 atom stereocenters. The fraction of sp³-hybridized carbons (Fsp3) is 0.375. The van der Waals surface area contributed by atoms with Crippen LogP contribution in [0.2, 0.25) is 0 Å². The van der Waals surface area contributed by atoms with Crippen LogP contribution in [0.3, 0.4) is 0 Å². The number of likely N-dealkylation sites (tertiary alicyclic amines) is 1. The van der Waals surface area contributed by atoms with Gasteiger partial charge in [-0.3, -0.25) is 14.5 Å². The zero-order valence-corrected chi connectivity index (χ0v) is 19.6. The fourth-order valence-electron chi connectivity index (χ4n) is 4.54. The van der Waals surface area contributed by atoms with Crippen molar-refractivity contribution in [2.24, 2.45) is 5.73 Å². The summed E-state index contributed by atoms with van der Waals surface area (Å²) >= 11 is 0. The van der Waals surface area contributed by atoms with E-state index in [-0.39, 0.29) is 17.3 Å². The first-order valence-corrected chi connectivity index (χ1v) is 12.7. The molecule has 2 fully saturated rings. The van der Waals surface area contributed by atoms with Crippen molar-refractivity contribution in [3.8, 4) is 0 Å². The number of hydrogen-bond acceptors (Lipinski definition) is 6. The van der Waals surface area contributed by atoms with Crippen LogP contribution in [0.25, 0.3) is 0 Å². The molecule has 0 unspecified atom stereocenters. The van der Waals surface area contributed by atoms with Gasteiger partial charge >= 0.3 is 11.3 Å². The predicted molar refractivity (Wildman–Crippen MR) is 125 cm³/mol. The molecule has 2 aromatic rings. The molecule has 180 valence electrons. The highest BCUT2D eigenvalue weighted by Gasteiger charge is 2.52. The van der Waals surface area contributed by atoms with Crippen LogP contribution in [0.5, 0.6) is 0 Å². The third-order valence-corrected chi connectivity index (χ3v) is 8.00. The van der Waals surface area contributed by atoms with Gasteiger partial charge in [0.25, 0.3) is 15.7 Å². The number of urea groups is 1. The molecule has 2 saturated heterocycles. The topological polar surface area (TPSA) is 130 Å². The Morgan fingerprint density at radius 2 is 1.62 bits per heavy atom. The van der Waals surface area contributed by atoms with Gasteiger partial charge in [-0.05, 0) is 55.5 Å². The first-order valence-electron chi connectivity index (χ1n) is 11.3. The lowest BCUT2D eigenvalue weighted by atomic mass is 9.87. The highest BCUT2D eigenvalue weighted by molar-refractivity contribution is 8.06. The number of piperidine rings is 1. The standard InChI is InChI=1S/C24H28N4O5S/c25-22(30)34(32,33)20-10-8-19(9-11-20)17-28-21(29)24(26-23(28)31)12-15-27(16-13-24)14-4-7-18-5-2-1-3-6-18/h1-3,5-6,8-11H,4,7,12-17H2,(H2,25,30)(H,26,31). The number of amides is 4. The summed E-state index contributed by atoms with van der Waals surface area (Å²) in [5, 5.41) is 1.47. The largest absolute Gasteiger partial charge is 0.356 e. The number of primary amides is 1.